The third kappa shape index (κ3) is 5.22. The van der Waals surface area contributed by atoms with Gasteiger partial charge in [0.05, 0.1) is 6.61 Å². The second kappa shape index (κ2) is 10.1. The molecule has 1 saturated heterocycles. The van der Waals surface area contributed by atoms with Crippen LogP contribution in [0.15, 0.2) is 85.4 Å². The van der Waals surface area contributed by atoms with Gasteiger partial charge in [-0.25, -0.2) is 14.2 Å². The van der Waals surface area contributed by atoms with E-state index in [2.05, 4.69) is 48.3 Å². The molecule has 1 atom stereocenters. The van der Waals surface area contributed by atoms with Crippen LogP contribution in [-0.2, 0) is 14.5 Å². The maximum Gasteiger partial charge on any atom is 0.201 e. The number of benzene rings is 3. The van der Waals surface area contributed by atoms with Crippen LogP contribution in [0.1, 0.15) is 37.7 Å². The molecule has 1 saturated carbocycles. The zero-order valence-electron chi connectivity index (χ0n) is 19.2. The Morgan fingerprint density at radius 1 is 0.853 bits per heavy atom. The van der Waals surface area contributed by atoms with E-state index in [4.69, 9.17) is 14.5 Å². The molecule has 0 radical (unpaired) electrons. The molecule has 0 aromatic heterocycles. The minimum absolute atomic E-state index is 0.228. The molecule has 0 amide bonds. The summed E-state index contributed by atoms with van der Waals surface area (Å²) in [7, 11) is 0. The van der Waals surface area contributed by atoms with Crippen molar-refractivity contribution in [3.05, 3.63) is 96.8 Å². The lowest BCUT2D eigenvalue weighted by Gasteiger charge is -2.37. The van der Waals surface area contributed by atoms with Crippen molar-refractivity contribution in [2.24, 2.45) is 0 Å². The summed E-state index contributed by atoms with van der Waals surface area (Å²) in [4.78, 5) is 11.8. The number of hydrogen-bond donors (Lipinski definition) is 1. The molecule has 3 aromatic carbocycles. The molecule has 34 heavy (non-hydrogen) atoms. The molecule has 1 aliphatic heterocycles. The molecule has 1 spiro atoms. The molecule has 4 nitrogen and oxygen atoms in total. The van der Waals surface area contributed by atoms with Gasteiger partial charge < -0.3 is 10.1 Å². The molecule has 5 heteroatoms. The van der Waals surface area contributed by atoms with Crippen LogP contribution >= 0.6 is 0 Å². The van der Waals surface area contributed by atoms with Gasteiger partial charge in [-0.05, 0) is 59.4 Å². The summed E-state index contributed by atoms with van der Waals surface area (Å²) in [5, 5.41) is 3.48. The maximum absolute atomic E-state index is 13.1. The third-order valence-electron chi connectivity index (χ3n) is 6.78. The van der Waals surface area contributed by atoms with Crippen LogP contribution < -0.4 is 5.32 Å². The van der Waals surface area contributed by atoms with Crippen LogP contribution in [-0.4, -0.2) is 24.5 Å². The molecule has 2 aliphatic rings. The zero-order valence-corrected chi connectivity index (χ0v) is 19.2. The first-order valence-corrected chi connectivity index (χ1v) is 12.0. The highest BCUT2D eigenvalue weighted by Crippen LogP contribution is 2.38. The maximum atomic E-state index is 13.1. The van der Waals surface area contributed by atoms with Crippen LogP contribution in [0, 0.1) is 5.82 Å². The van der Waals surface area contributed by atoms with E-state index in [1.54, 1.807) is 12.1 Å². The van der Waals surface area contributed by atoms with Crippen molar-refractivity contribution in [2.75, 3.05) is 11.9 Å². The topological polar surface area (TPSA) is 39.7 Å². The second-order valence-corrected chi connectivity index (χ2v) is 9.11. The summed E-state index contributed by atoms with van der Waals surface area (Å²) in [5.41, 5.74) is 5.22. The van der Waals surface area contributed by atoms with Gasteiger partial charge in [-0.2, -0.15) is 0 Å². The minimum Gasteiger partial charge on any atom is -0.382 e. The minimum atomic E-state index is -0.715. The highest BCUT2D eigenvalue weighted by atomic mass is 19.1. The largest absolute Gasteiger partial charge is 0.382 e. The average Bonchev–Trinajstić information content (AvgIpc) is 3.10. The second-order valence-electron chi connectivity index (χ2n) is 9.11. The first-order chi connectivity index (χ1) is 16.6. The van der Waals surface area contributed by atoms with Crippen molar-refractivity contribution in [2.45, 2.75) is 50.0 Å². The lowest BCUT2D eigenvalue weighted by molar-refractivity contribution is -0.429. The fraction of sp³-hybridized carbons (Fsp3) is 0.310. The fourth-order valence-electron chi connectivity index (χ4n) is 4.71. The lowest BCUT2D eigenvalue weighted by Crippen LogP contribution is -2.42. The molecule has 3 aromatic rings. The smallest absolute Gasteiger partial charge is 0.201 e. The molecule has 1 aliphatic carbocycles. The molecular formula is C29H30FNO3. The Labute approximate surface area is 200 Å². The van der Waals surface area contributed by atoms with Crippen LogP contribution in [0.4, 0.5) is 10.1 Å². The van der Waals surface area contributed by atoms with E-state index in [0.29, 0.717) is 19.1 Å². The Balaban J connectivity index is 1.16. The number of ether oxygens (including phenoxy) is 1. The first-order valence-electron chi connectivity index (χ1n) is 12.0. The Hall–Kier alpha value is -2.99. The standard InChI is InChI=1S/C29H30FNO3/c1-21(22-7-9-24(10-8-22)23-5-3-2-4-6-23)28-17-20-32-29(34-33-28)18-15-27(16-19-29)31-26-13-11-25(30)12-14-26/h2-14,27-28,31H,1,15-20H2. The van der Waals surface area contributed by atoms with Gasteiger partial charge in [-0.1, -0.05) is 61.2 Å². The summed E-state index contributed by atoms with van der Waals surface area (Å²) >= 11 is 0. The van der Waals surface area contributed by atoms with E-state index < -0.39 is 5.79 Å². The van der Waals surface area contributed by atoms with Gasteiger partial charge in [-0.15, -0.1) is 0 Å². The van der Waals surface area contributed by atoms with Crippen LogP contribution in [0.3, 0.4) is 0 Å². The molecule has 1 unspecified atom stereocenters. The predicted molar refractivity (Wildman–Crippen MR) is 132 cm³/mol. The summed E-state index contributed by atoms with van der Waals surface area (Å²) < 4.78 is 19.3. The molecule has 0 bridgehead atoms. The van der Waals surface area contributed by atoms with E-state index in [9.17, 15) is 4.39 Å². The monoisotopic (exact) mass is 459 g/mol. The highest BCUT2D eigenvalue weighted by Gasteiger charge is 2.41. The van der Waals surface area contributed by atoms with E-state index in [-0.39, 0.29) is 11.9 Å². The average molecular weight is 460 g/mol. The number of rotatable bonds is 5. The quantitative estimate of drug-likeness (QED) is 0.417. The predicted octanol–water partition coefficient (Wildman–Crippen LogP) is 6.99. The van der Waals surface area contributed by atoms with E-state index in [0.717, 1.165) is 42.5 Å². The van der Waals surface area contributed by atoms with E-state index >= 15 is 0 Å². The Morgan fingerprint density at radius 3 is 2.24 bits per heavy atom. The van der Waals surface area contributed by atoms with Gasteiger partial charge in [0.1, 0.15) is 11.9 Å². The van der Waals surface area contributed by atoms with Crippen molar-refractivity contribution >= 4 is 11.3 Å². The van der Waals surface area contributed by atoms with Crippen LogP contribution in [0.2, 0.25) is 0 Å². The Bertz CT molecular complexity index is 1090. The van der Waals surface area contributed by atoms with Gasteiger partial charge in [0.25, 0.3) is 0 Å². The number of halogens is 1. The number of nitrogens with one attached hydrogen (secondary N) is 1. The van der Waals surface area contributed by atoms with Gasteiger partial charge in [0.15, 0.2) is 0 Å². The van der Waals surface area contributed by atoms with Crippen LogP contribution in [0.5, 0.6) is 0 Å². The van der Waals surface area contributed by atoms with Crippen molar-refractivity contribution in [1.29, 1.82) is 0 Å². The summed E-state index contributed by atoms with van der Waals surface area (Å²) in [6.45, 7) is 4.85. The zero-order chi connectivity index (χ0) is 23.4. The van der Waals surface area contributed by atoms with Crippen molar-refractivity contribution in [3.63, 3.8) is 0 Å². The summed E-state index contributed by atoms with van der Waals surface area (Å²) in [6.07, 6.45) is 3.67. The van der Waals surface area contributed by atoms with Gasteiger partial charge in [0.2, 0.25) is 5.79 Å². The Kier molecular flexibility index (Phi) is 6.77. The van der Waals surface area contributed by atoms with Gasteiger partial charge in [0, 0.05) is 31.0 Å². The number of hydrogen-bond acceptors (Lipinski definition) is 4. The van der Waals surface area contributed by atoms with Gasteiger partial charge >= 0.3 is 0 Å². The van der Waals surface area contributed by atoms with Crippen molar-refractivity contribution < 1.29 is 18.9 Å². The molecular weight excluding hydrogens is 429 g/mol. The summed E-state index contributed by atoms with van der Waals surface area (Å²) in [5.74, 6) is -0.943. The van der Waals surface area contributed by atoms with Crippen molar-refractivity contribution in [1.82, 2.24) is 0 Å². The van der Waals surface area contributed by atoms with E-state index in [1.807, 2.05) is 18.2 Å². The normalized spacial score (nSPS) is 25.0. The molecule has 5 rings (SSSR count). The molecule has 176 valence electrons. The van der Waals surface area contributed by atoms with Crippen molar-refractivity contribution in [3.8, 4) is 11.1 Å². The molecule has 1 heterocycles. The third-order valence-corrected chi connectivity index (χ3v) is 6.78. The fourth-order valence-corrected chi connectivity index (χ4v) is 4.71. The highest BCUT2D eigenvalue weighted by molar-refractivity contribution is 5.71. The first kappa shape index (κ1) is 22.8. The molecule has 2 fully saturated rings. The van der Waals surface area contributed by atoms with Crippen LogP contribution in [0.25, 0.3) is 16.7 Å². The van der Waals surface area contributed by atoms with Gasteiger partial charge in [-0.3, -0.25) is 0 Å². The number of anilines is 1. The Morgan fingerprint density at radius 2 is 1.53 bits per heavy atom. The SMILES string of the molecule is C=C(c1ccc(-c2ccccc2)cc1)C1CCOC2(CCC(Nc3ccc(F)cc3)CC2)OO1. The van der Waals surface area contributed by atoms with E-state index in [1.165, 1.54) is 23.3 Å². The summed E-state index contributed by atoms with van der Waals surface area (Å²) in [6, 6.07) is 25.5. The molecule has 1 N–H and O–H groups in total. The lowest BCUT2D eigenvalue weighted by atomic mass is 9.90.